The van der Waals surface area contributed by atoms with Crippen LogP contribution in [0.4, 0.5) is 0 Å². The molecular weight excluding hydrogens is 392 g/mol. The molecule has 5 aliphatic rings. The van der Waals surface area contributed by atoms with Crippen LogP contribution in [0.1, 0.15) is 113 Å². The Morgan fingerprint density at radius 2 is 1.50 bits per heavy atom. The van der Waals surface area contributed by atoms with E-state index in [1.807, 2.05) is 0 Å². The second kappa shape index (κ2) is 6.52. The van der Waals surface area contributed by atoms with Gasteiger partial charge in [-0.1, -0.05) is 61.0 Å². The van der Waals surface area contributed by atoms with Gasteiger partial charge in [0.2, 0.25) is 0 Å². The van der Waals surface area contributed by atoms with Gasteiger partial charge in [0.15, 0.2) is 5.78 Å². The molecule has 5 rings (SSSR count). The quantitative estimate of drug-likeness (QED) is 0.427. The first-order valence-electron chi connectivity index (χ1n) is 13.6. The van der Waals surface area contributed by atoms with E-state index in [4.69, 9.17) is 0 Å². The van der Waals surface area contributed by atoms with Crippen LogP contribution in [0, 0.1) is 50.2 Å². The van der Waals surface area contributed by atoms with Crippen molar-refractivity contribution in [3.63, 3.8) is 0 Å². The summed E-state index contributed by atoms with van der Waals surface area (Å²) in [6.07, 6.45) is 12.4. The van der Waals surface area contributed by atoms with Gasteiger partial charge in [-0.2, -0.15) is 0 Å². The largest absolute Gasteiger partial charge is 0.393 e. The van der Waals surface area contributed by atoms with Gasteiger partial charge < -0.3 is 5.11 Å². The topological polar surface area (TPSA) is 37.3 Å². The summed E-state index contributed by atoms with van der Waals surface area (Å²) in [5.74, 6) is 1.59. The summed E-state index contributed by atoms with van der Waals surface area (Å²) < 4.78 is 0. The molecule has 0 spiro atoms. The average molecular weight is 441 g/mol. The van der Waals surface area contributed by atoms with E-state index in [1.165, 1.54) is 50.5 Å². The molecule has 0 heterocycles. The Balaban J connectivity index is 1.63. The van der Waals surface area contributed by atoms with Crippen molar-refractivity contribution in [2.24, 2.45) is 50.2 Å². The van der Waals surface area contributed by atoms with Gasteiger partial charge in [-0.3, -0.25) is 4.79 Å². The molecule has 0 bridgehead atoms. The molecule has 180 valence electrons. The minimum atomic E-state index is -0.229. The number of carbonyl (C=O) groups is 1. The molecule has 1 N–H and O–H groups in total. The third-order valence-corrected chi connectivity index (χ3v) is 12.8. The first-order valence-corrected chi connectivity index (χ1v) is 13.6. The smallest absolute Gasteiger partial charge is 0.159 e. The van der Waals surface area contributed by atoms with E-state index in [1.54, 1.807) is 0 Å². The Morgan fingerprint density at radius 1 is 0.844 bits per heavy atom. The molecule has 0 unspecified atom stereocenters. The summed E-state index contributed by atoms with van der Waals surface area (Å²) in [6.45, 7) is 19.4. The number of rotatable bonds is 0. The number of hydrogen-bond acceptors (Lipinski definition) is 2. The van der Waals surface area contributed by atoms with E-state index in [-0.39, 0.29) is 33.7 Å². The van der Waals surface area contributed by atoms with Crippen LogP contribution in [0.3, 0.4) is 0 Å². The zero-order valence-electron chi connectivity index (χ0n) is 22.1. The fraction of sp³-hybridized carbons (Fsp3) is 0.900. The third kappa shape index (κ3) is 2.71. The SMILES string of the molecule is CC1(C)CC[C@]2(C)CC[C@]3(C)[C@H](C(=O)C=C4[C@@]5(C)CC[C@H](O)C(C)(C)[C@@H]5CC[C@]43C)[C@@H]2C1. The van der Waals surface area contributed by atoms with Crippen molar-refractivity contribution in [1.82, 2.24) is 0 Å². The van der Waals surface area contributed by atoms with Gasteiger partial charge in [0.25, 0.3) is 0 Å². The van der Waals surface area contributed by atoms with Crippen LogP contribution in [0.2, 0.25) is 0 Å². The number of fused-ring (bicyclic) bond motifs is 7. The van der Waals surface area contributed by atoms with Crippen LogP contribution in [0.15, 0.2) is 11.6 Å². The molecule has 8 atom stereocenters. The van der Waals surface area contributed by atoms with Gasteiger partial charge in [-0.25, -0.2) is 0 Å². The molecule has 0 saturated heterocycles. The lowest BCUT2D eigenvalue weighted by Crippen LogP contribution is -2.65. The van der Waals surface area contributed by atoms with Gasteiger partial charge in [-0.05, 0) is 108 Å². The molecule has 0 aliphatic heterocycles. The number of allylic oxidation sites excluding steroid dienone is 2. The van der Waals surface area contributed by atoms with E-state index < -0.39 is 0 Å². The number of ketones is 1. The predicted molar refractivity (Wildman–Crippen MR) is 131 cm³/mol. The molecule has 4 saturated carbocycles. The van der Waals surface area contributed by atoms with Crippen molar-refractivity contribution in [2.75, 3.05) is 0 Å². The molecule has 0 aromatic heterocycles. The Morgan fingerprint density at radius 3 is 2.19 bits per heavy atom. The Kier molecular flexibility index (Phi) is 4.71. The Hall–Kier alpha value is -0.630. The minimum Gasteiger partial charge on any atom is -0.393 e. The second-order valence-corrected chi connectivity index (χ2v) is 15.2. The summed E-state index contributed by atoms with van der Waals surface area (Å²) in [7, 11) is 0. The fourth-order valence-electron chi connectivity index (χ4n) is 10.3. The maximum atomic E-state index is 14.2. The van der Waals surface area contributed by atoms with Gasteiger partial charge in [0.05, 0.1) is 6.10 Å². The molecule has 0 amide bonds. The molecule has 2 nitrogen and oxygen atoms in total. The zero-order valence-corrected chi connectivity index (χ0v) is 22.1. The molecule has 4 fully saturated rings. The van der Waals surface area contributed by atoms with Crippen molar-refractivity contribution < 1.29 is 9.90 Å². The van der Waals surface area contributed by atoms with Crippen molar-refractivity contribution in [1.29, 1.82) is 0 Å². The number of carbonyl (C=O) groups excluding carboxylic acids is 1. The third-order valence-electron chi connectivity index (χ3n) is 12.8. The normalized spacial score (nSPS) is 53.9. The van der Waals surface area contributed by atoms with Crippen LogP contribution in [-0.4, -0.2) is 17.0 Å². The number of hydrogen-bond donors (Lipinski definition) is 1. The monoisotopic (exact) mass is 440 g/mol. The summed E-state index contributed by atoms with van der Waals surface area (Å²) in [4.78, 5) is 14.2. The van der Waals surface area contributed by atoms with Crippen LogP contribution in [0.5, 0.6) is 0 Å². The van der Waals surface area contributed by atoms with E-state index >= 15 is 0 Å². The zero-order chi connectivity index (χ0) is 23.5. The summed E-state index contributed by atoms with van der Waals surface area (Å²) >= 11 is 0. The maximum Gasteiger partial charge on any atom is 0.159 e. The van der Waals surface area contributed by atoms with Crippen LogP contribution in [0.25, 0.3) is 0 Å². The highest BCUT2D eigenvalue weighted by molar-refractivity contribution is 5.95. The summed E-state index contributed by atoms with van der Waals surface area (Å²) in [5.41, 5.74) is 2.23. The van der Waals surface area contributed by atoms with Gasteiger partial charge >= 0.3 is 0 Å². The van der Waals surface area contributed by atoms with Gasteiger partial charge in [-0.15, -0.1) is 0 Å². The molecule has 5 aliphatic carbocycles. The molecule has 32 heavy (non-hydrogen) atoms. The highest BCUT2D eigenvalue weighted by Crippen LogP contribution is 2.75. The summed E-state index contributed by atoms with van der Waals surface area (Å²) in [5, 5.41) is 10.9. The van der Waals surface area contributed by atoms with Crippen LogP contribution < -0.4 is 0 Å². The van der Waals surface area contributed by atoms with E-state index in [0.29, 0.717) is 28.4 Å². The van der Waals surface area contributed by atoms with Crippen molar-refractivity contribution >= 4 is 5.78 Å². The van der Waals surface area contributed by atoms with E-state index in [9.17, 15) is 9.90 Å². The van der Waals surface area contributed by atoms with Crippen molar-refractivity contribution in [3.8, 4) is 0 Å². The molecular formula is C30H48O2. The molecule has 0 aromatic rings. The van der Waals surface area contributed by atoms with Crippen LogP contribution >= 0.6 is 0 Å². The number of aliphatic hydroxyl groups is 1. The van der Waals surface area contributed by atoms with Gasteiger partial charge in [0, 0.05) is 5.92 Å². The summed E-state index contributed by atoms with van der Waals surface area (Å²) in [6, 6.07) is 0. The van der Waals surface area contributed by atoms with Gasteiger partial charge in [0.1, 0.15) is 0 Å². The molecule has 0 radical (unpaired) electrons. The lowest BCUT2D eigenvalue weighted by Gasteiger charge is -2.70. The standard InChI is InChI=1S/C30H48O2/c1-25(2)13-14-27(5)15-16-30(8)24(19(27)18-25)20(31)17-22-28(6)11-10-23(32)26(3,4)21(28)9-12-29(22,30)7/h17,19,21,23-24,32H,9-16,18H2,1-8H3/t19-,21-,23-,24-,27+,28-,29+,30+/m0/s1. The fourth-order valence-corrected chi connectivity index (χ4v) is 10.3. The second-order valence-electron chi connectivity index (χ2n) is 15.2. The average Bonchev–Trinajstić information content (AvgIpc) is 2.68. The van der Waals surface area contributed by atoms with E-state index in [0.717, 1.165) is 12.8 Å². The van der Waals surface area contributed by atoms with E-state index in [2.05, 4.69) is 61.5 Å². The van der Waals surface area contributed by atoms with Crippen molar-refractivity contribution in [3.05, 3.63) is 11.6 Å². The first-order chi connectivity index (χ1) is 14.6. The maximum absolute atomic E-state index is 14.2. The van der Waals surface area contributed by atoms with Crippen LogP contribution in [-0.2, 0) is 4.79 Å². The number of aliphatic hydroxyl groups excluding tert-OH is 1. The Labute approximate surface area is 197 Å². The Bertz CT molecular complexity index is 866. The molecule has 2 heteroatoms. The highest BCUT2D eigenvalue weighted by Gasteiger charge is 2.69. The minimum absolute atomic E-state index is 0.0337. The lowest BCUT2D eigenvalue weighted by atomic mass is 9.34. The predicted octanol–water partition coefficient (Wildman–Crippen LogP) is 7.35. The first kappa shape index (κ1) is 23.1. The lowest BCUT2D eigenvalue weighted by molar-refractivity contribution is -0.177. The molecule has 0 aromatic carbocycles. The highest BCUT2D eigenvalue weighted by atomic mass is 16.3. The van der Waals surface area contributed by atoms with Crippen molar-refractivity contribution in [2.45, 2.75) is 119 Å².